The maximum absolute atomic E-state index is 12.8. The van der Waals surface area contributed by atoms with E-state index in [2.05, 4.69) is 21.9 Å². The second-order valence-electron chi connectivity index (χ2n) is 9.74. The van der Waals surface area contributed by atoms with Crippen LogP contribution in [0, 0.1) is 0 Å². The Hall–Kier alpha value is -3.42. The van der Waals surface area contributed by atoms with Crippen LogP contribution in [-0.2, 0) is 9.59 Å². The topological polar surface area (TPSA) is 65.6 Å². The monoisotopic (exact) mass is 522 g/mol. The van der Waals surface area contributed by atoms with Crippen LogP contribution in [0.1, 0.15) is 39.5 Å². The van der Waals surface area contributed by atoms with E-state index in [-0.39, 0.29) is 11.8 Å². The number of nitrogens with zero attached hydrogens (tertiary/aromatic N) is 4. The smallest absolute Gasteiger partial charge is 0.222 e. The first kappa shape index (κ1) is 27.6. The number of amides is 2. The van der Waals surface area contributed by atoms with Gasteiger partial charge in [0.2, 0.25) is 11.8 Å². The van der Waals surface area contributed by atoms with Crippen molar-refractivity contribution in [2.75, 3.05) is 75.4 Å². The number of piperazine rings is 2. The molecule has 2 amide bonds. The Bertz CT molecular complexity index is 963. The highest BCUT2D eigenvalue weighted by molar-refractivity contribution is 5.78. The minimum Gasteiger partial charge on any atom is -0.492 e. The molecule has 2 saturated heterocycles. The first-order valence-corrected chi connectivity index (χ1v) is 14.1. The lowest BCUT2D eigenvalue weighted by atomic mass is 10.1. The van der Waals surface area contributed by atoms with Crippen LogP contribution in [-0.4, -0.2) is 87.2 Å². The van der Waals surface area contributed by atoms with Gasteiger partial charge in [-0.3, -0.25) is 9.59 Å². The summed E-state index contributed by atoms with van der Waals surface area (Å²) in [5.41, 5.74) is 2.19. The zero-order valence-corrected chi connectivity index (χ0v) is 22.9. The molecule has 0 N–H and O–H groups in total. The molecule has 2 aromatic rings. The minimum absolute atomic E-state index is 0.191. The standard InChI is InChI=1S/C30H42N4O4/c1-3-37-27-13-7-5-11-25(27)31-17-21-33(22-18-31)29(35)15-9-10-16-30(36)34-23-19-32(20-24-34)26-12-6-8-14-28(26)38-4-2/h5-8,11-14H,3-4,9-10,15-24H2,1-2H3. The molecule has 0 aromatic heterocycles. The third kappa shape index (κ3) is 7.11. The van der Waals surface area contributed by atoms with Gasteiger partial charge in [0, 0.05) is 65.2 Å². The number of benzene rings is 2. The van der Waals surface area contributed by atoms with Crippen LogP contribution in [0.5, 0.6) is 11.5 Å². The molecule has 0 saturated carbocycles. The van der Waals surface area contributed by atoms with E-state index in [4.69, 9.17) is 9.47 Å². The predicted molar refractivity (Wildman–Crippen MR) is 151 cm³/mol. The number of unbranched alkanes of at least 4 members (excludes halogenated alkanes) is 1. The first-order chi connectivity index (χ1) is 18.6. The number of hydrogen-bond donors (Lipinski definition) is 0. The number of anilines is 2. The van der Waals surface area contributed by atoms with E-state index in [0.717, 1.165) is 88.1 Å². The molecule has 2 heterocycles. The van der Waals surface area contributed by atoms with Crippen molar-refractivity contribution in [3.63, 3.8) is 0 Å². The van der Waals surface area contributed by atoms with Gasteiger partial charge in [0.15, 0.2) is 0 Å². The van der Waals surface area contributed by atoms with Crippen molar-refractivity contribution in [1.29, 1.82) is 0 Å². The summed E-state index contributed by atoms with van der Waals surface area (Å²) < 4.78 is 11.5. The van der Waals surface area contributed by atoms with Crippen molar-refractivity contribution in [2.24, 2.45) is 0 Å². The molecule has 8 heteroatoms. The van der Waals surface area contributed by atoms with Gasteiger partial charge in [-0.1, -0.05) is 24.3 Å². The zero-order chi connectivity index (χ0) is 26.7. The molecule has 0 unspecified atom stereocenters. The Labute approximate surface area is 227 Å². The lowest BCUT2D eigenvalue weighted by molar-refractivity contribution is -0.133. The average molecular weight is 523 g/mol. The maximum atomic E-state index is 12.8. The van der Waals surface area contributed by atoms with Crippen molar-refractivity contribution in [2.45, 2.75) is 39.5 Å². The Balaban J connectivity index is 1.13. The molecule has 38 heavy (non-hydrogen) atoms. The fourth-order valence-electron chi connectivity index (χ4n) is 5.25. The predicted octanol–water partition coefficient (Wildman–Crippen LogP) is 4.04. The number of hydrogen-bond acceptors (Lipinski definition) is 6. The van der Waals surface area contributed by atoms with Gasteiger partial charge >= 0.3 is 0 Å². The molecular weight excluding hydrogens is 480 g/mol. The third-order valence-electron chi connectivity index (χ3n) is 7.31. The SMILES string of the molecule is CCOc1ccccc1N1CCN(C(=O)CCCCC(=O)N2CCN(c3ccccc3OCC)CC2)CC1. The number of ether oxygens (including phenoxy) is 2. The fraction of sp³-hybridized carbons (Fsp3) is 0.533. The van der Waals surface area contributed by atoms with Crippen molar-refractivity contribution >= 4 is 23.2 Å². The van der Waals surface area contributed by atoms with Crippen molar-refractivity contribution in [3.8, 4) is 11.5 Å². The second-order valence-corrected chi connectivity index (χ2v) is 9.74. The highest BCUT2D eigenvalue weighted by Crippen LogP contribution is 2.30. The van der Waals surface area contributed by atoms with Crippen molar-refractivity contribution in [3.05, 3.63) is 48.5 Å². The van der Waals surface area contributed by atoms with E-state index in [1.807, 2.05) is 60.0 Å². The van der Waals surface area contributed by atoms with Crippen LogP contribution < -0.4 is 19.3 Å². The summed E-state index contributed by atoms with van der Waals surface area (Å²) in [6, 6.07) is 16.2. The lowest BCUT2D eigenvalue weighted by Crippen LogP contribution is -2.49. The van der Waals surface area contributed by atoms with E-state index in [0.29, 0.717) is 26.1 Å². The molecule has 2 aliphatic heterocycles. The van der Waals surface area contributed by atoms with E-state index in [9.17, 15) is 9.59 Å². The fourth-order valence-corrected chi connectivity index (χ4v) is 5.25. The van der Waals surface area contributed by atoms with Crippen molar-refractivity contribution < 1.29 is 19.1 Å². The van der Waals surface area contributed by atoms with Crippen LogP contribution in [0.2, 0.25) is 0 Å². The van der Waals surface area contributed by atoms with Gasteiger partial charge in [-0.05, 0) is 51.0 Å². The Morgan fingerprint density at radius 3 is 1.34 bits per heavy atom. The third-order valence-corrected chi connectivity index (χ3v) is 7.31. The van der Waals surface area contributed by atoms with E-state index < -0.39 is 0 Å². The normalized spacial score (nSPS) is 15.9. The number of carbonyl (C=O) groups excluding carboxylic acids is 2. The molecule has 0 atom stereocenters. The van der Waals surface area contributed by atoms with E-state index >= 15 is 0 Å². The molecule has 0 spiro atoms. The summed E-state index contributed by atoms with van der Waals surface area (Å²) in [5, 5.41) is 0. The molecule has 0 aliphatic carbocycles. The molecule has 2 fully saturated rings. The lowest BCUT2D eigenvalue weighted by Gasteiger charge is -2.37. The van der Waals surface area contributed by atoms with Crippen LogP contribution in [0.3, 0.4) is 0 Å². The Kier molecular flexibility index (Phi) is 10.1. The van der Waals surface area contributed by atoms with Crippen molar-refractivity contribution in [1.82, 2.24) is 9.80 Å². The van der Waals surface area contributed by atoms with Gasteiger partial charge in [0.1, 0.15) is 11.5 Å². The average Bonchev–Trinajstić information content (AvgIpc) is 2.96. The van der Waals surface area contributed by atoms with Crippen LogP contribution >= 0.6 is 0 Å². The molecular formula is C30H42N4O4. The zero-order valence-electron chi connectivity index (χ0n) is 22.9. The summed E-state index contributed by atoms with van der Waals surface area (Å²) in [7, 11) is 0. The van der Waals surface area contributed by atoms with E-state index in [1.165, 1.54) is 0 Å². The summed E-state index contributed by atoms with van der Waals surface area (Å²) in [5.74, 6) is 2.18. The summed E-state index contributed by atoms with van der Waals surface area (Å²) >= 11 is 0. The molecule has 0 bridgehead atoms. The highest BCUT2D eigenvalue weighted by Gasteiger charge is 2.24. The van der Waals surface area contributed by atoms with Gasteiger partial charge in [-0.25, -0.2) is 0 Å². The van der Waals surface area contributed by atoms with Crippen LogP contribution in [0.4, 0.5) is 11.4 Å². The molecule has 0 radical (unpaired) electrons. The van der Waals surface area contributed by atoms with Gasteiger partial charge in [-0.2, -0.15) is 0 Å². The molecule has 8 nitrogen and oxygen atoms in total. The summed E-state index contributed by atoms with van der Waals surface area (Å²) in [6.45, 7) is 11.3. The number of para-hydroxylation sites is 4. The maximum Gasteiger partial charge on any atom is 0.222 e. The number of carbonyl (C=O) groups is 2. The van der Waals surface area contributed by atoms with Gasteiger partial charge in [0.25, 0.3) is 0 Å². The quantitative estimate of drug-likeness (QED) is 0.415. The first-order valence-electron chi connectivity index (χ1n) is 14.1. The number of rotatable bonds is 11. The largest absolute Gasteiger partial charge is 0.492 e. The molecule has 4 rings (SSSR count). The minimum atomic E-state index is 0.191. The van der Waals surface area contributed by atoms with Crippen LogP contribution in [0.15, 0.2) is 48.5 Å². The van der Waals surface area contributed by atoms with Gasteiger partial charge < -0.3 is 29.1 Å². The summed E-state index contributed by atoms with van der Waals surface area (Å²) in [6.07, 6.45) is 2.51. The van der Waals surface area contributed by atoms with Gasteiger partial charge in [0.05, 0.1) is 24.6 Å². The highest BCUT2D eigenvalue weighted by atomic mass is 16.5. The molecule has 2 aliphatic rings. The molecule has 206 valence electrons. The Morgan fingerprint density at radius 1 is 0.605 bits per heavy atom. The van der Waals surface area contributed by atoms with E-state index in [1.54, 1.807) is 0 Å². The second kappa shape index (κ2) is 13.9. The van der Waals surface area contributed by atoms with Crippen LogP contribution in [0.25, 0.3) is 0 Å². The molecule has 2 aromatic carbocycles. The summed E-state index contributed by atoms with van der Waals surface area (Å²) in [4.78, 5) is 34.1. The van der Waals surface area contributed by atoms with Gasteiger partial charge in [-0.15, -0.1) is 0 Å². The Morgan fingerprint density at radius 2 is 0.974 bits per heavy atom.